The Hall–Kier alpha value is -3.28. The van der Waals surface area contributed by atoms with E-state index in [0.717, 1.165) is 17.8 Å². The number of methoxy groups -OCH3 is 2. The third-order valence-corrected chi connectivity index (χ3v) is 6.18. The summed E-state index contributed by atoms with van der Waals surface area (Å²) in [6.45, 7) is 1.48. The maximum Gasteiger partial charge on any atom is 0.416 e. The molecule has 0 spiro atoms. The van der Waals surface area contributed by atoms with E-state index in [0.29, 0.717) is 42.3 Å². The number of aliphatic hydroxyl groups is 1. The van der Waals surface area contributed by atoms with Crippen molar-refractivity contribution in [2.45, 2.75) is 18.2 Å². The van der Waals surface area contributed by atoms with Gasteiger partial charge in [0.25, 0.3) is 0 Å². The summed E-state index contributed by atoms with van der Waals surface area (Å²) in [5.41, 5.74) is 0.0803. The Morgan fingerprint density at radius 2 is 1.97 bits per heavy atom. The Kier molecular flexibility index (Phi) is 7.96. The van der Waals surface area contributed by atoms with Gasteiger partial charge in [-0.15, -0.1) is 0 Å². The van der Waals surface area contributed by atoms with Gasteiger partial charge in [-0.1, -0.05) is 12.1 Å². The van der Waals surface area contributed by atoms with Crippen molar-refractivity contribution in [3.8, 4) is 11.5 Å². The van der Waals surface area contributed by atoms with E-state index in [9.17, 15) is 23.1 Å². The molecule has 2 heterocycles. The van der Waals surface area contributed by atoms with Crippen LogP contribution < -0.4 is 19.7 Å². The highest BCUT2D eigenvalue weighted by Crippen LogP contribution is 2.44. The Balaban J connectivity index is 1.69. The van der Waals surface area contributed by atoms with Crippen LogP contribution in [0.4, 0.5) is 24.5 Å². The number of rotatable bonds is 8. The fraction of sp³-hybridized carbons (Fsp3) is 0.423. The molecule has 1 amide bonds. The van der Waals surface area contributed by atoms with Gasteiger partial charge in [-0.2, -0.15) is 13.2 Å². The highest BCUT2D eigenvalue weighted by atomic mass is 19.4. The van der Waals surface area contributed by atoms with E-state index < -0.39 is 23.2 Å². The van der Waals surface area contributed by atoms with Crippen LogP contribution in [0.2, 0.25) is 0 Å². The lowest BCUT2D eigenvalue weighted by atomic mass is 9.86. The molecule has 0 fully saturated rings. The molecule has 2 aromatic rings. The summed E-state index contributed by atoms with van der Waals surface area (Å²) in [5, 5.41) is 12.2. The molecule has 2 aliphatic heterocycles. The number of carbonyl (C=O) groups is 1. The zero-order chi connectivity index (χ0) is 26.6. The van der Waals surface area contributed by atoms with E-state index in [1.807, 2.05) is 11.0 Å². The normalized spacial score (nSPS) is 17.5. The SMILES string of the molecule is COCC1(COC)C/C(=C\C(=O)Nc2cccc3c2OCCN3CCO)c2ccc(C(F)(F)F)cc2O1. The average molecular weight is 523 g/mol. The first-order valence-electron chi connectivity index (χ1n) is 11.7. The molecule has 0 saturated heterocycles. The van der Waals surface area contributed by atoms with Crippen molar-refractivity contribution in [3.05, 3.63) is 53.6 Å². The number of fused-ring (bicyclic) bond motifs is 2. The van der Waals surface area contributed by atoms with Gasteiger partial charge in [0.05, 0.1) is 43.3 Å². The van der Waals surface area contributed by atoms with Gasteiger partial charge in [-0.3, -0.25) is 4.79 Å². The van der Waals surface area contributed by atoms with E-state index in [4.69, 9.17) is 18.9 Å². The molecule has 0 bridgehead atoms. The van der Waals surface area contributed by atoms with Crippen LogP contribution in [0.15, 0.2) is 42.5 Å². The van der Waals surface area contributed by atoms with Crippen LogP contribution in [0.1, 0.15) is 17.5 Å². The molecule has 4 rings (SSSR count). The number of halogens is 3. The quantitative estimate of drug-likeness (QED) is 0.511. The third-order valence-electron chi connectivity index (χ3n) is 6.18. The first kappa shape index (κ1) is 26.8. The Bertz CT molecular complexity index is 1160. The summed E-state index contributed by atoms with van der Waals surface area (Å²) in [7, 11) is 2.91. The summed E-state index contributed by atoms with van der Waals surface area (Å²) < 4.78 is 62.6. The number of nitrogens with one attached hydrogen (secondary N) is 1. The fourth-order valence-corrected chi connectivity index (χ4v) is 4.70. The van der Waals surface area contributed by atoms with Gasteiger partial charge in [0.1, 0.15) is 12.4 Å². The lowest BCUT2D eigenvalue weighted by molar-refractivity contribution is -0.138. The lowest BCUT2D eigenvalue weighted by Gasteiger charge is -2.39. The number of anilines is 2. The van der Waals surface area contributed by atoms with Crippen molar-refractivity contribution in [1.29, 1.82) is 0 Å². The number of nitrogens with zero attached hydrogens (tertiary/aromatic N) is 1. The number of carbonyl (C=O) groups excluding carboxylic acids is 1. The molecule has 0 aliphatic carbocycles. The van der Waals surface area contributed by atoms with Crippen molar-refractivity contribution < 1.29 is 42.0 Å². The van der Waals surface area contributed by atoms with E-state index in [2.05, 4.69) is 5.32 Å². The van der Waals surface area contributed by atoms with Crippen LogP contribution in [0, 0.1) is 0 Å². The molecule has 0 radical (unpaired) electrons. The van der Waals surface area contributed by atoms with Gasteiger partial charge >= 0.3 is 6.18 Å². The van der Waals surface area contributed by atoms with Crippen molar-refractivity contribution in [3.63, 3.8) is 0 Å². The lowest BCUT2D eigenvalue weighted by Crippen LogP contribution is -2.47. The monoisotopic (exact) mass is 522 g/mol. The third kappa shape index (κ3) is 5.84. The number of hydrogen-bond acceptors (Lipinski definition) is 7. The van der Waals surface area contributed by atoms with Gasteiger partial charge in [-0.05, 0) is 29.8 Å². The minimum Gasteiger partial charge on any atom is -0.487 e. The molecule has 0 saturated carbocycles. The van der Waals surface area contributed by atoms with Crippen molar-refractivity contribution >= 4 is 22.9 Å². The molecule has 2 N–H and O–H groups in total. The summed E-state index contributed by atoms with van der Waals surface area (Å²) >= 11 is 0. The molecule has 0 atom stereocenters. The summed E-state index contributed by atoms with van der Waals surface area (Å²) in [4.78, 5) is 15.1. The Labute approximate surface area is 212 Å². The maximum absolute atomic E-state index is 13.4. The second-order valence-electron chi connectivity index (χ2n) is 8.91. The average Bonchev–Trinajstić information content (AvgIpc) is 2.84. The Morgan fingerprint density at radius 1 is 1.22 bits per heavy atom. The van der Waals surface area contributed by atoms with E-state index in [-0.39, 0.29) is 32.0 Å². The van der Waals surface area contributed by atoms with Gasteiger partial charge < -0.3 is 34.3 Å². The van der Waals surface area contributed by atoms with Gasteiger partial charge in [0.2, 0.25) is 5.91 Å². The van der Waals surface area contributed by atoms with Gasteiger partial charge in [0, 0.05) is 38.8 Å². The molecular weight excluding hydrogens is 493 g/mol. The van der Waals surface area contributed by atoms with E-state index in [1.54, 1.807) is 12.1 Å². The largest absolute Gasteiger partial charge is 0.487 e. The van der Waals surface area contributed by atoms with Crippen LogP contribution in [-0.4, -0.2) is 70.4 Å². The van der Waals surface area contributed by atoms with Crippen molar-refractivity contribution in [1.82, 2.24) is 0 Å². The van der Waals surface area contributed by atoms with Crippen molar-refractivity contribution in [2.75, 3.05) is 64.0 Å². The molecule has 2 aliphatic rings. The van der Waals surface area contributed by atoms with Crippen LogP contribution in [0.3, 0.4) is 0 Å². The smallest absolute Gasteiger partial charge is 0.416 e. The molecule has 2 aromatic carbocycles. The minimum absolute atomic E-state index is 0.00528. The highest BCUT2D eigenvalue weighted by Gasteiger charge is 2.41. The first-order valence-corrected chi connectivity index (χ1v) is 11.7. The number of para-hydroxylation sites is 1. The number of ether oxygens (including phenoxy) is 4. The zero-order valence-corrected chi connectivity index (χ0v) is 20.6. The van der Waals surface area contributed by atoms with Gasteiger partial charge in [-0.25, -0.2) is 0 Å². The highest BCUT2D eigenvalue weighted by molar-refractivity contribution is 6.06. The van der Waals surface area contributed by atoms with Crippen molar-refractivity contribution in [2.24, 2.45) is 0 Å². The molecule has 11 heteroatoms. The summed E-state index contributed by atoms with van der Waals surface area (Å²) in [6, 6.07) is 8.51. The molecular formula is C26H29F3N2O6. The number of amides is 1. The topological polar surface area (TPSA) is 89.5 Å². The maximum atomic E-state index is 13.4. The second kappa shape index (κ2) is 11.0. The molecule has 0 aromatic heterocycles. The number of alkyl halides is 3. The van der Waals surface area contributed by atoms with Crippen LogP contribution in [0.5, 0.6) is 11.5 Å². The molecule has 37 heavy (non-hydrogen) atoms. The van der Waals surface area contributed by atoms with Crippen LogP contribution >= 0.6 is 0 Å². The second-order valence-corrected chi connectivity index (χ2v) is 8.91. The standard InChI is InChI=1S/C26H29F3N2O6/c1-34-15-25(16-35-2)14-17(19-7-6-18(26(27,28)29)13-22(19)37-25)12-23(33)30-20-4-3-5-21-24(20)36-11-9-31(21)8-10-32/h3-7,12-13,32H,8-11,14-16H2,1-2H3,(H,30,33)/b17-12+. The fourth-order valence-electron chi connectivity index (χ4n) is 4.70. The Morgan fingerprint density at radius 3 is 2.65 bits per heavy atom. The van der Waals surface area contributed by atoms with Crippen LogP contribution in [-0.2, 0) is 20.4 Å². The van der Waals surface area contributed by atoms with Gasteiger partial charge in [0.15, 0.2) is 11.4 Å². The number of aliphatic hydroxyl groups excluding tert-OH is 1. The number of hydrogen-bond donors (Lipinski definition) is 2. The predicted molar refractivity (Wildman–Crippen MR) is 131 cm³/mol. The zero-order valence-electron chi connectivity index (χ0n) is 20.6. The van der Waals surface area contributed by atoms with Crippen LogP contribution in [0.25, 0.3) is 5.57 Å². The number of β-amino-alcohol motifs (C(OH)–C–C–N with tert-alkyl or cyclic N) is 1. The number of benzene rings is 2. The molecule has 8 nitrogen and oxygen atoms in total. The summed E-state index contributed by atoms with van der Waals surface area (Å²) in [6.07, 6.45) is -3.03. The van der Waals surface area contributed by atoms with E-state index >= 15 is 0 Å². The molecule has 200 valence electrons. The predicted octanol–water partition coefficient (Wildman–Crippen LogP) is 3.73. The first-order chi connectivity index (χ1) is 17.7. The summed E-state index contributed by atoms with van der Waals surface area (Å²) in [5.74, 6) is 0.00122. The van der Waals surface area contributed by atoms with E-state index in [1.165, 1.54) is 26.4 Å². The molecule has 0 unspecified atom stereocenters. The minimum atomic E-state index is -4.56.